The Bertz CT molecular complexity index is 983. The average molecular weight is 350 g/mol. The molecule has 2 aliphatic heterocycles. The first-order chi connectivity index (χ1) is 12.8. The van der Waals surface area contributed by atoms with Crippen molar-refractivity contribution in [3.05, 3.63) is 52.7 Å². The number of aromatic nitrogens is 3. The maximum atomic E-state index is 5.51. The molecule has 3 aromatic rings. The third-order valence-electron chi connectivity index (χ3n) is 4.82. The van der Waals surface area contributed by atoms with Crippen LogP contribution in [0, 0.1) is 6.92 Å². The number of rotatable bonds is 3. The van der Waals surface area contributed by atoms with Crippen molar-refractivity contribution in [2.45, 2.75) is 26.3 Å². The summed E-state index contributed by atoms with van der Waals surface area (Å²) >= 11 is 0. The fourth-order valence-corrected chi connectivity index (χ4v) is 3.52. The third kappa shape index (κ3) is 2.61. The van der Waals surface area contributed by atoms with E-state index < -0.39 is 0 Å². The Hall–Kier alpha value is -2.93. The predicted octanol–water partition coefficient (Wildman–Crippen LogP) is 2.41. The number of nitrogens with zero attached hydrogens (tertiary/aromatic N) is 3. The molecule has 5 rings (SSSR count). The summed E-state index contributed by atoms with van der Waals surface area (Å²) < 4.78 is 16.3. The zero-order chi connectivity index (χ0) is 17.5. The van der Waals surface area contributed by atoms with Crippen LogP contribution in [0.4, 0.5) is 0 Å². The number of aryl methyl sites for hydroxylation is 1. The number of hydrogen-bond donors (Lipinski definition) is 1. The molecule has 1 N–H and O–H groups in total. The normalized spacial score (nSPS) is 15.1. The van der Waals surface area contributed by atoms with Crippen LogP contribution in [0.5, 0.6) is 11.5 Å². The van der Waals surface area contributed by atoms with Gasteiger partial charge in [-0.05, 0) is 48.7 Å². The Balaban J connectivity index is 1.46. The van der Waals surface area contributed by atoms with Crippen LogP contribution in [-0.4, -0.2) is 28.5 Å². The van der Waals surface area contributed by atoms with E-state index in [9.17, 15) is 0 Å². The van der Waals surface area contributed by atoms with Crippen molar-refractivity contribution in [3.8, 4) is 22.9 Å². The third-order valence-corrected chi connectivity index (χ3v) is 4.82. The Morgan fingerprint density at radius 2 is 2.12 bits per heavy atom. The van der Waals surface area contributed by atoms with Crippen molar-refractivity contribution in [1.82, 2.24) is 20.4 Å². The van der Waals surface area contributed by atoms with Gasteiger partial charge in [0.05, 0.1) is 6.42 Å². The SMILES string of the molecule is Cc1ncc2c(c1-c1noc(Cc3ccc4c(c3)OCO4)n1)CCNC2. The Labute approximate surface area is 150 Å². The molecule has 0 fully saturated rings. The average Bonchev–Trinajstić information content (AvgIpc) is 3.30. The fraction of sp³-hybridized carbons (Fsp3) is 0.316. The van der Waals surface area contributed by atoms with E-state index in [1.165, 1.54) is 11.1 Å². The number of fused-ring (bicyclic) bond motifs is 2. The van der Waals surface area contributed by atoms with Gasteiger partial charge < -0.3 is 19.3 Å². The highest BCUT2D eigenvalue weighted by molar-refractivity contribution is 5.64. The predicted molar refractivity (Wildman–Crippen MR) is 93.0 cm³/mol. The van der Waals surface area contributed by atoms with E-state index in [1.54, 1.807) is 0 Å². The highest BCUT2D eigenvalue weighted by Crippen LogP contribution is 2.33. The molecule has 26 heavy (non-hydrogen) atoms. The molecule has 1 aromatic carbocycles. The van der Waals surface area contributed by atoms with Crippen molar-refractivity contribution in [2.75, 3.05) is 13.3 Å². The van der Waals surface area contributed by atoms with E-state index in [-0.39, 0.29) is 6.79 Å². The van der Waals surface area contributed by atoms with E-state index in [0.29, 0.717) is 18.1 Å². The van der Waals surface area contributed by atoms with Crippen LogP contribution in [0.3, 0.4) is 0 Å². The second-order valence-electron chi connectivity index (χ2n) is 6.53. The van der Waals surface area contributed by atoms with Gasteiger partial charge >= 0.3 is 0 Å². The lowest BCUT2D eigenvalue weighted by Crippen LogP contribution is -2.24. The molecule has 2 aromatic heterocycles. The molecule has 0 unspecified atom stereocenters. The van der Waals surface area contributed by atoms with Crippen molar-refractivity contribution in [3.63, 3.8) is 0 Å². The highest BCUT2D eigenvalue weighted by Gasteiger charge is 2.21. The lowest BCUT2D eigenvalue weighted by Gasteiger charge is -2.19. The monoisotopic (exact) mass is 350 g/mol. The van der Waals surface area contributed by atoms with Crippen LogP contribution in [0.25, 0.3) is 11.4 Å². The van der Waals surface area contributed by atoms with Crippen LogP contribution in [0.2, 0.25) is 0 Å². The van der Waals surface area contributed by atoms with Gasteiger partial charge in [-0.2, -0.15) is 4.98 Å². The molecule has 2 aliphatic rings. The maximum absolute atomic E-state index is 5.51. The summed E-state index contributed by atoms with van der Waals surface area (Å²) in [5.74, 6) is 2.72. The van der Waals surface area contributed by atoms with Gasteiger partial charge in [0.15, 0.2) is 11.5 Å². The molecule has 0 saturated carbocycles. The van der Waals surface area contributed by atoms with E-state index in [1.807, 2.05) is 31.3 Å². The van der Waals surface area contributed by atoms with E-state index >= 15 is 0 Å². The van der Waals surface area contributed by atoms with Crippen molar-refractivity contribution >= 4 is 0 Å². The molecule has 7 heteroatoms. The standard InChI is InChI=1S/C19H18N4O3/c1-11-18(14-4-5-20-8-13(14)9-21-11)19-22-17(26-23-19)7-12-2-3-15-16(6-12)25-10-24-15/h2-3,6,9,20H,4-5,7-8,10H2,1H3. The van der Waals surface area contributed by atoms with Gasteiger partial charge in [0.25, 0.3) is 0 Å². The van der Waals surface area contributed by atoms with Gasteiger partial charge in [-0.15, -0.1) is 0 Å². The molecular weight excluding hydrogens is 332 g/mol. The summed E-state index contributed by atoms with van der Waals surface area (Å²) in [5.41, 5.74) is 5.45. The van der Waals surface area contributed by atoms with Crippen molar-refractivity contribution < 1.29 is 14.0 Å². The molecule has 132 valence electrons. The Morgan fingerprint density at radius 1 is 1.19 bits per heavy atom. The molecular formula is C19H18N4O3. The van der Waals surface area contributed by atoms with Gasteiger partial charge in [0.1, 0.15) is 0 Å². The molecule has 0 atom stereocenters. The highest BCUT2D eigenvalue weighted by atomic mass is 16.7. The fourth-order valence-electron chi connectivity index (χ4n) is 3.52. The minimum absolute atomic E-state index is 0.268. The van der Waals surface area contributed by atoms with Gasteiger partial charge in [-0.25, -0.2) is 0 Å². The Morgan fingerprint density at radius 3 is 3.08 bits per heavy atom. The molecule has 7 nitrogen and oxygen atoms in total. The largest absolute Gasteiger partial charge is 0.454 e. The second-order valence-corrected chi connectivity index (χ2v) is 6.53. The van der Waals surface area contributed by atoms with E-state index in [2.05, 4.69) is 20.4 Å². The number of hydrogen-bond acceptors (Lipinski definition) is 7. The van der Waals surface area contributed by atoms with E-state index in [4.69, 9.17) is 14.0 Å². The summed E-state index contributed by atoms with van der Waals surface area (Å²) in [6.07, 6.45) is 3.43. The zero-order valence-corrected chi connectivity index (χ0v) is 14.4. The van der Waals surface area contributed by atoms with Crippen LogP contribution < -0.4 is 14.8 Å². The summed E-state index contributed by atoms with van der Waals surface area (Å²) in [7, 11) is 0. The second kappa shape index (κ2) is 6.10. The topological polar surface area (TPSA) is 82.3 Å². The van der Waals surface area contributed by atoms with Gasteiger partial charge in [0, 0.05) is 24.0 Å². The van der Waals surface area contributed by atoms with Crippen LogP contribution >= 0.6 is 0 Å². The van der Waals surface area contributed by atoms with Crippen molar-refractivity contribution in [2.24, 2.45) is 0 Å². The van der Waals surface area contributed by atoms with Crippen LogP contribution in [-0.2, 0) is 19.4 Å². The number of benzene rings is 1. The van der Waals surface area contributed by atoms with Crippen LogP contribution in [0.1, 0.15) is 28.3 Å². The van der Waals surface area contributed by atoms with Gasteiger partial charge in [0.2, 0.25) is 18.5 Å². The first-order valence-corrected chi connectivity index (χ1v) is 8.67. The lowest BCUT2D eigenvalue weighted by atomic mass is 9.95. The number of ether oxygens (including phenoxy) is 2. The minimum Gasteiger partial charge on any atom is -0.454 e. The summed E-state index contributed by atoms with van der Waals surface area (Å²) in [6, 6.07) is 5.85. The minimum atomic E-state index is 0.268. The number of nitrogens with one attached hydrogen (secondary N) is 1. The summed E-state index contributed by atoms with van der Waals surface area (Å²) in [6.45, 7) is 4.04. The Kier molecular flexibility index (Phi) is 3.60. The van der Waals surface area contributed by atoms with Gasteiger partial charge in [-0.1, -0.05) is 11.2 Å². The molecule has 0 spiro atoms. The first-order valence-electron chi connectivity index (χ1n) is 8.67. The number of pyridine rings is 1. The lowest BCUT2D eigenvalue weighted by molar-refractivity contribution is 0.174. The molecule has 0 saturated heterocycles. The molecule has 0 bridgehead atoms. The molecule has 0 radical (unpaired) electrons. The molecule has 4 heterocycles. The maximum Gasteiger partial charge on any atom is 0.231 e. The molecule has 0 amide bonds. The first kappa shape index (κ1) is 15.3. The smallest absolute Gasteiger partial charge is 0.231 e. The van der Waals surface area contributed by atoms with Gasteiger partial charge in [-0.3, -0.25) is 4.98 Å². The summed E-state index contributed by atoms with van der Waals surface area (Å²) in [5, 5.41) is 7.59. The zero-order valence-electron chi connectivity index (χ0n) is 14.4. The van der Waals surface area contributed by atoms with Crippen molar-refractivity contribution in [1.29, 1.82) is 0 Å². The summed E-state index contributed by atoms with van der Waals surface area (Å²) in [4.78, 5) is 9.14. The van der Waals surface area contributed by atoms with E-state index in [0.717, 1.165) is 47.8 Å². The van der Waals surface area contributed by atoms with Crippen LogP contribution in [0.15, 0.2) is 28.9 Å². The quantitative estimate of drug-likeness (QED) is 0.777. The molecule has 0 aliphatic carbocycles.